The largest absolute Gasteiger partial charge is 0.508 e. The molecule has 15 heavy (non-hydrogen) atoms. The van der Waals surface area contributed by atoms with Gasteiger partial charge in [0.25, 0.3) is 0 Å². The number of hydrogen-bond acceptors (Lipinski definition) is 2. The highest BCUT2D eigenvalue weighted by atomic mass is 35.5. The van der Waals surface area contributed by atoms with Crippen molar-refractivity contribution >= 4 is 12.4 Å². The van der Waals surface area contributed by atoms with Crippen LogP contribution >= 0.6 is 12.4 Å². The normalized spacial score (nSPS) is 11.9. The molecule has 0 amide bonds. The van der Waals surface area contributed by atoms with Gasteiger partial charge >= 0.3 is 0 Å². The number of phenols is 1. The molecule has 0 heterocycles. The predicted molar refractivity (Wildman–Crippen MR) is 66.5 cm³/mol. The number of nitrogens with two attached hydrogens (primary N) is 1. The molecule has 1 aromatic rings. The molecule has 1 rings (SSSR count). The highest BCUT2D eigenvalue weighted by molar-refractivity contribution is 5.85. The quantitative estimate of drug-likeness (QED) is 0.832. The van der Waals surface area contributed by atoms with E-state index in [-0.39, 0.29) is 18.4 Å². The van der Waals surface area contributed by atoms with Gasteiger partial charge in [0.1, 0.15) is 5.75 Å². The first-order chi connectivity index (χ1) is 6.65. The van der Waals surface area contributed by atoms with Crippen LogP contribution in [0.4, 0.5) is 0 Å². The van der Waals surface area contributed by atoms with Crippen molar-refractivity contribution in [1.82, 2.24) is 0 Å². The van der Waals surface area contributed by atoms with Crippen LogP contribution in [0.3, 0.4) is 0 Å². The first-order valence-corrected chi connectivity index (χ1v) is 5.20. The summed E-state index contributed by atoms with van der Waals surface area (Å²) in [6, 6.07) is 5.70. The van der Waals surface area contributed by atoms with Crippen molar-refractivity contribution < 1.29 is 5.11 Å². The number of unbranched alkanes of at least 4 members (excludes halogenated alkanes) is 1. The Bertz CT molecular complexity index is 302. The van der Waals surface area contributed by atoms with E-state index in [0.29, 0.717) is 5.75 Å². The average Bonchev–Trinajstić information content (AvgIpc) is 2.18. The van der Waals surface area contributed by atoms with Gasteiger partial charge in [0.15, 0.2) is 0 Å². The Balaban J connectivity index is 0.00000196. The lowest BCUT2D eigenvalue weighted by molar-refractivity contribution is 0.470. The number of rotatable bonds is 4. The van der Waals surface area contributed by atoms with Crippen LogP contribution in [0.15, 0.2) is 18.2 Å². The van der Waals surface area contributed by atoms with Crippen LogP contribution in [0.1, 0.15) is 43.4 Å². The molecule has 0 saturated carbocycles. The van der Waals surface area contributed by atoms with E-state index in [4.69, 9.17) is 5.73 Å². The van der Waals surface area contributed by atoms with E-state index < -0.39 is 0 Å². The van der Waals surface area contributed by atoms with Gasteiger partial charge < -0.3 is 10.8 Å². The van der Waals surface area contributed by atoms with Crippen molar-refractivity contribution in [2.45, 2.75) is 39.2 Å². The smallest absolute Gasteiger partial charge is 0.118 e. The van der Waals surface area contributed by atoms with Crippen LogP contribution in [0.2, 0.25) is 0 Å². The number of benzene rings is 1. The highest BCUT2D eigenvalue weighted by Crippen LogP contribution is 2.22. The molecule has 3 heteroatoms. The van der Waals surface area contributed by atoms with E-state index in [1.165, 1.54) is 6.42 Å². The first-order valence-electron chi connectivity index (χ1n) is 5.20. The molecular formula is C12H20ClNO. The van der Waals surface area contributed by atoms with Gasteiger partial charge in [-0.15, -0.1) is 12.4 Å². The lowest BCUT2D eigenvalue weighted by atomic mass is 10.00. The highest BCUT2D eigenvalue weighted by Gasteiger charge is 2.06. The van der Waals surface area contributed by atoms with E-state index in [2.05, 4.69) is 6.92 Å². The van der Waals surface area contributed by atoms with E-state index >= 15 is 0 Å². The third-order valence-electron chi connectivity index (χ3n) is 2.52. The molecule has 1 aromatic carbocycles. The van der Waals surface area contributed by atoms with Crippen LogP contribution in [-0.4, -0.2) is 5.11 Å². The zero-order valence-electron chi connectivity index (χ0n) is 9.36. The summed E-state index contributed by atoms with van der Waals surface area (Å²) in [5.41, 5.74) is 8.04. The maximum absolute atomic E-state index is 9.36. The summed E-state index contributed by atoms with van der Waals surface area (Å²) in [5, 5.41) is 9.36. The first kappa shape index (κ1) is 14.3. The number of aromatic hydroxyl groups is 1. The van der Waals surface area contributed by atoms with E-state index in [1.54, 1.807) is 6.07 Å². The van der Waals surface area contributed by atoms with Crippen molar-refractivity contribution in [2.75, 3.05) is 0 Å². The van der Waals surface area contributed by atoms with E-state index in [0.717, 1.165) is 24.0 Å². The van der Waals surface area contributed by atoms with E-state index in [1.807, 2.05) is 19.1 Å². The maximum Gasteiger partial charge on any atom is 0.118 e. The predicted octanol–water partition coefficient (Wildman–Crippen LogP) is 3.31. The zero-order valence-corrected chi connectivity index (χ0v) is 10.2. The van der Waals surface area contributed by atoms with Crippen molar-refractivity contribution in [3.63, 3.8) is 0 Å². The van der Waals surface area contributed by atoms with E-state index in [9.17, 15) is 5.11 Å². The molecule has 0 aliphatic rings. The molecule has 0 radical (unpaired) electrons. The minimum Gasteiger partial charge on any atom is -0.508 e. The fourth-order valence-corrected chi connectivity index (χ4v) is 1.50. The van der Waals surface area contributed by atoms with Gasteiger partial charge in [-0.25, -0.2) is 0 Å². The molecule has 0 bridgehead atoms. The summed E-state index contributed by atoms with van der Waals surface area (Å²) in [7, 11) is 0. The Labute approximate surface area is 97.9 Å². The molecule has 0 fully saturated rings. The SMILES string of the molecule is CCCC[C@H](N)c1ccc(O)c(C)c1.Cl. The van der Waals surface area contributed by atoms with Crippen LogP contribution in [0.25, 0.3) is 0 Å². The second kappa shape index (κ2) is 6.70. The molecule has 0 spiro atoms. The monoisotopic (exact) mass is 229 g/mol. The molecule has 0 aliphatic carbocycles. The number of aryl methyl sites for hydroxylation is 1. The standard InChI is InChI=1S/C12H19NO.ClH/c1-3-4-5-11(13)10-6-7-12(14)9(2)8-10;/h6-8,11,14H,3-5,13H2,1-2H3;1H/t11-;/m0./s1. The zero-order chi connectivity index (χ0) is 10.6. The second-order valence-electron chi connectivity index (χ2n) is 3.79. The summed E-state index contributed by atoms with van der Waals surface area (Å²) in [6.07, 6.45) is 3.34. The molecule has 0 unspecified atom stereocenters. The Hall–Kier alpha value is -0.730. The van der Waals surface area contributed by atoms with Crippen LogP contribution in [0.5, 0.6) is 5.75 Å². The molecular weight excluding hydrogens is 210 g/mol. The van der Waals surface area contributed by atoms with Gasteiger partial charge in [0.05, 0.1) is 0 Å². The van der Waals surface area contributed by atoms with Crippen molar-refractivity contribution in [1.29, 1.82) is 0 Å². The fourth-order valence-electron chi connectivity index (χ4n) is 1.50. The maximum atomic E-state index is 9.36. The third-order valence-corrected chi connectivity index (χ3v) is 2.52. The Morgan fingerprint density at radius 2 is 2.07 bits per heavy atom. The van der Waals surface area contributed by atoms with Crippen molar-refractivity contribution in [2.24, 2.45) is 5.73 Å². The molecule has 0 aromatic heterocycles. The second-order valence-corrected chi connectivity index (χ2v) is 3.79. The van der Waals surface area contributed by atoms with Crippen LogP contribution in [0, 0.1) is 6.92 Å². The average molecular weight is 230 g/mol. The lowest BCUT2D eigenvalue weighted by Crippen LogP contribution is -2.09. The molecule has 0 aliphatic heterocycles. The third kappa shape index (κ3) is 4.10. The van der Waals surface area contributed by atoms with Crippen LogP contribution in [-0.2, 0) is 0 Å². The summed E-state index contributed by atoms with van der Waals surface area (Å²) < 4.78 is 0. The van der Waals surface area contributed by atoms with Crippen molar-refractivity contribution in [3.8, 4) is 5.75 Å². The minimum absolute atomic E-state index is 0. The molecule has 3 N–H and O–H groups in total. The number of phenolic OH excluding ortho intramolecular Hbond substituents is 1. The van der Waals surface area contributed by atoms with Gasteiger partial charge in [-0.2, -0.15) is 0 Å². The Kier molecular flexibility index (Phi) is 6.37. The lowest BCUT2D eigenvalue weighted by Gasteiger charge is -2.12. The summed E-state index contributed by atoms with van der Waals surface area (Å²) in [6.45, 7) is 4.06. The molecule has 2 nitrogen and oxygen atoms in total. The Morgan fingerprint density at radius 1 is 1.40 bits per heavy atom. The number of hydrogen-bond donors (Lipinski definition) is 2. The van der Waals surface area contributed by atoms with Crippen molar-refractivity contribution in [3.05, 3.63) is 29.3 Å². The fraction of sp³-hybridized carbons (Fsp3) is 0.500. The number of halogens is 1. The summed E-state index contributed by atoms with van der Waals surface area (Å²) >= 11 is 0. The van der Waals surface area contributed by atoms with Gasteiger partial charge in [-0.05, 0) is 30.5 Å². The van der Waals surface area contributed by atoms with Gasteiger partial charge in [-0.1, -0.05) is 31.9 Å². The molecule has 1 atom stereocenters. The van der Waals surface area contributed by atoms with Crippen LogP contribution < -0.4 is 5.73 Å². The summed E-state index contributed by atoms with van der Waals surface area (Å²) in [4.78, 5) is 0. The van der Waals surface area contributed by atoms with Gasteiger partial charge in [0, 0.05) is 6.04 Å². The minimum atomic E-state index is 0. The Morgan fingerprint density at radius 3 is 2.60 bits per heavy atom. The van der Waals surface area contributed by atoms with Gasteiger partial charge in [-0.3, -0.25) is 0 Å². The topological polar surface area (TPSA) is 46.2 Å². The van der Waals surface area contributed by atoms with Gasteiger partial charge in [0.2, 0.25) is 0 Å². The molecule has 86 valence electrons. The molecule has 0 saturated heterocycles. The summed E-state index contributed by atoms with van der Waals surface area (Å²) in [5.74, 6) is 0.344.